The van der Waals surface area contributed by atoms with Gasteiger partial charge in [-0.1, -0.05) is 0 Å². The number of aliphatic hydroxyl groups is 3. The molecule has 0 bridgehead atoms. The van der Waals surface area contributed by atoms with Crippen molar-refractivity contribution in [1.82, 2.24) is 10.6 Å². The molecule has 1 saturated heterocycles. The van der Waals surface area contributed by atoms with E-state index in [1.165, 1.54) is 13.8 Å². The van der Waals surface area contributed by atoms with Gasteiger partial charge in [-0.15, -0.1) is 0 Å². The summed E-state index contributed by atoms with van der Waals surface area (Å²) < 4.78 is 4.96. The Kier molecular flexibility index (Phi) is 5.03. The fraction of sp³-hybridized carbons (Fsp3) is 0.800. The molecule has 2 amide bonds. The smallest absolute Gasteiger partial charge is 0.217 e. The molecule has 0 aliphatic carbocycles. The Balaban J connectivity index is 2.89. The summed E-state index contributed by atoms with van der Waals surface area (Å²) in [6.45, 7) is 1.97. The second-order valence-electron chi connectivity index (χ2n) is 4.19. The molecule has 0 spiro atoms. The third kappa shape index (κ3) is 3.39. The molecule has 5 atom stereocenters. The minimum atomic E-state index is -1.42. The number of amides is 2. The van der Waals surface area contributed by atoms with Gasteiger partial charge in [-0.25, -0.2) is 0 Å². The highest BCUT2D eigenvalue weighted by Crippen LogP contribution is 2.19. The molecule has 1 aliphatic heterocycles. The van der Waals surface area contributed by atoms with Gasteiger partial charge in [0, 0.05) is 13.8 Å². The van der Waals surface area contributed by atoms with Crippen LogP contribution in [0, 0.1) is 0 Å². The molecule has 0 radical (unpaired) electrons. The normalized spacial score (nSPS) is 35.9. The van der Waals surface area contributed by atoms with Crippen molar-refractivity contribution in [2.75, 3.05) is 6.61 Å². The molecular formula is C10H18N2O6. The van der Waals surface area contributed by atoms with E-state index in [9.17, 15) is 19.8 Å². The maximum atomic E-state index is 11.1. The Morgan fingerprint density at radius 2 is 1.61 bits per heavy atom. The summed E-state index contributed by atoms with van der Waals surface area (Å²) in [5.41, 5.74) is 0. The van der Waals surface area contributed by atoms with Crippen molar-refractivity contribution in [2.24, 2.45) is 0 Å². The fourth-order valence-corrected chi connectivity index (χ4v) is 1.92. The average Bonchev–Trinajstić information content (AvgIpc) is 2.27. The topological polar surface area (TPSA) is 128 Å². The number of hydrogen-bond acceptors (Lipinski definition) is 6. The maximum absolute atomic E-state index is 11.1. The van der Waals surface area contributed by atoms with E-state index in [4.69, 9.17) is 9.84 Å². The van der Waals surface area contributed by atoms with E-state index >= 15 is 0 Å². The summed E-state index contributed by atoms with van der Waals surface area (Å²) in [7, 11) is 0. The van der Waals surface area contributed by atoms with Gasteiger partial charge in [0.15, 0.2) is 6.29 Å². The average molecular weight is 262 g/mol. The molecule has 1 unspecified atom stereocenters. The van der Waals surface area contributed by atoms with E-state index in [0.717, 1.165) is 0 Å². The van der Waals surface area contributed by atoms with Crippen LogP contribution in [0.3, 0.4) is 0 Å². The van der Waals surface area contributed by atoms with Gasteiger partial charge in [-0.3, -0.25) is 9.59 Å². The molecule has 1 rings (SSSR count). The third-order valence-electron chi connectivity index (χ3n) is 2.68. The highest BCUT2D eigenvalue weighted by atomic mass is 16.6. The molecule has 8 nitrogen and oxygen atoms in total. The van der Waals surface area contributed by atoms with Gasteiger partial charge >= 0.3 is 0 Å². The first kappa shape index (κ1) is 14.8. The van der Waals surface area contributed by atoms with Crippen LogP contribution >= 0.6 is 0 Å². The Morgan fingerprint density at radius 1 is 1.11 bits per heavy atom. The van der Waals surface area contributed by atoms with Gasteiger partial charge in [0.1, 0.15) is 18.2 Å². The summed E-state index contributed by atoms with van der Waals surface area (Å²) in [5, 5.41) is 33.4. The van der Waals surface area contributed by atoms with Gasteiger partial charge in [-0.05, 0) is 0 Å². The number of aliphatic hydroxyl groups excluding tert-OH is 3. The quantitative estimate of drug-likeness (QED) is 0.370. The first-order valence-electron chi connectivity index (χ1n) is 5.53. The number of hydrogen-bond donors (Lipinski definition) is 5. The molecule has 1 heterocycles. The predicted molar refractivity (Wildman–Crippen MR) is 59.2 cm³/mol. The van der Waals surface area contributed by atoms with E-state index in [0.29, 0.717) is 0 Å². The molecular weight excluding hydrogens is 244 g/mol. The largest absolute Gasteiger partial charge is 0.394 e. The number of rotatable bonds is 3. The highest BCUT2D eigenvalue weighted by Gasteiger charge is 2.45. The predicted octanol–water partition coefficient (Wildman–Crippen LogP) is -2.93. The zero-order valence-corrected chi connectivity index (χ0v) is 10.2. The van der Waals surface area contributed by atoms with Crippen molar-refractivity contribution in [3.8, 4) is 0 Å². The van der Waals surface area contributed by atoms with Crippen LogP contribution in [0.15, 0.2) is 0 Å². The Labute approximate surface area is 104 Å². The molecule has 8 heteroatoms. The second kappa shape index (κ2) is 6.10. The van der Waals surface area contributed by atoms with Crippen molar-refractivity contribution in [3.63, 3.8) is 0 Å². The minimum Gasteiger partial charge on any atom is -0.394 e. The Bertz CT molecular complexity index is 323. The lowest BCUT2D eigenvalue weighted by molar-refractivity contribution is -0.230. The standard InChI is InChI=1S/C10H18N2O6/c1-4(14)11-7-8(12-5(2)15)10(17)18-6(3-13)9(7)16/h6-10,13,16-17H,3H2,1-2H3,(H,11,14)(H,12,15)/t6-,7-,8-,9-,10?/m1/s1. The van der Waals surface area contributed by atoms with Crippen LogP contribution in [0.5, 0.6) is 0 Å². The molecule has 5 N–H and O–H groups in total. The van der Waals surface area contributed by atoms with Crippen LogP contribution < -0.4 is 10.6 Å². The van der Waals surface area contributed by atoms with Crippen molar-refractivity contribution < 1.29 is 29.6 Å². The van der Waals surface area contributed by atoms with E-state index in [2.05, 4.69) is 10.6 Å². The summed E-state index contributed by atoms with van der Waals surface area (Å²) in [6.07, 6.45) is -3.69. The number of carbonyl (C=O) groups is 2. The van der Waals surface area contributed by atoms with Gasteiger partial charge in [0.05, 0.1) is 12.6 Å². The molecule has 0 aromatic heterocycles. The van der Waals surface area contributed by atoms with E-state index in [1.807, 2.05) is 0 Å². The zero-order valence-electron chi connectivity index (χ0n) is 10.2. The van der Waals surface area contributed by atoms with E-state index < -0.39 is 49.0 Å². The number of nitrogens with one attached hydrogen (secondary N) is 2. The van der Waals surface area contributed by atoms with Crippen molar-refractivity contribution in [3.05, 3.63) is 0 Å². The molecule has 1 fully saturated rings. The second-order valence-corrected chi connectivity index (χ2v) is 4.19. The van der Waals surface area contributed by atoms with Crippen LogP contribution in [0.25, 0.3) is 0 Å². The highest BCUT2D eigenvalue weighted by molar-refractivity contribution is 5.75. The third-order valence-corrected chi connectivity index (χ3v) is 2.68. The lowest BCUT2D eigenvalue weighted by Crippen LogP contribution is -2.68. The van der Waals surface area contributed by atoms with Gasteiger partial charge in [0.25, 0.3) is 0 Å². The first-order valence-corrected chi connectivity index (χ1v) is 5.53. The molecule has 18 heavy (non-hydrogen) atoms. The van der Waals surface area contributed by atoms with Crippen molar-refractivity contribution in [2.45, 2.75) is 44.4 Å². The van der Waals surface area contributed by atoms with Crippen LogP contribution in [0.1, 0.15) is 13.8 Å². The van der Waals surface area contributed by atoms with Crippen LogP contribution in [0.2, 0.25) is 0 Å². The van der Waals surface area contributed by atoms with Crippen LogP contribution in [-0.4, -0.2) is 64.3 Å². The maximum Gasteiger partial charge on any atom is 0.217 e. The zero-order chi connectivity index (χ0) is 13.9. The monoisotopic (exact) mass is 262 g/mol. The lowest BCUT2D eigenvalue weighted by atomic mass is 9.94. The van der Waals surface area contributed by atoms with Crippen molar-refractivity contribution >= 4 is 11.8 Å². The fourth-order valence-electron chi connectivity index (χ4n) is 1.92. The van der Waals surface area contributed by atoms with Crippen LogP contribution in [0.4, 0.5) is 0 Å². The number of carbonyl (C=O) groups excluding carboxylic acids is 2. The molecule has 104 valence electrons. The number of ether oxygens (including phenoxy) is 1. The first-order chi connectivity index (χ1) is 8.36. The lowest BCUT2D eigenvalue weighted by Gasteiger charge is -2.42. The summed E-state index contributed by atoms with van der Waals surface area (Å²) in [5.74, 6) is -0.868. The van der Waals surface area contributed by atoms with Gasteiger partial charge < -0.3 is 30.7 Å². The van der Waals surface area contributed by atoms with E-state index in [-0.39, 0.29) is 0 Å². The Morgan fingerprint density at radius 3 is 2.06 bits per heavy atom. The molecule has 1 aliphatic rings. The van der Waals surface area contributed by atoms with E-state index in [1.54, 1.807) is 0 Å². The summed E-state index contributed by atoms with van der Waals surface area (Å²) in [4.78, 5) is 22.1. The Hall–Kier alpha value is -1.22. The summed E-state index contributed by atoms with van der Waals surface area (Å²) in [6, 6.07) is -1.92. The van der Waals surface area contributed by atoms with Crippen LogP contribution in [-0.2, 0) is 14.3 Å². The molecule has 0 aromatic rings. The SMILES string of the molecule is CC(=O)N[C@H]1[C@H](O)[C@@H](CO)OC(O)[C@@H]1NC(C)=O. The van der Waals surface area contributed by atoms with Gasteiger partial charge in [0.2, 0.25) is 11.8 Å². The summed E-state index contributed by atoms with van der Waals surface area (Å²) >= 11 is 0. The molecule has 0 saturated carbocycles. The van der Waals surface area contributed by atoms with Crippen molar-refractivity contribution in [1.29, 1.82) is 0 Å². The van der Waals surface area contributed by atoms with Gasteiger partial charge in [-0.2, -0.15) is 0 Å². The molecule has 0 aromatic carbocycles. The minimum absolute atomic E-state index is 0.430.